The fourth-order valence-corrected chi connectivity index (χ4v) is 2.73. The fourth-order valence-electron chi connectivity index (χ4n) is 2.73. The molecule has 1 aliphatic rings. The maximum atomic E-state index is 12.3. The number of aliphatic hydroxyl groups is 1. The van der Waals surface area contributed by atoms with Gasteiger partial charge >= 0.3 is 0 Å². The highest BCUT2D eigenvalue weighted by Crippen LogP contribution is 2.39. The number of aliphatic hydroxyl groups excluding tert-OH is 1. The van der Waals surface area contributed by atoms with Crippen LogP contribution in [0.4, 0.5) is 0 Å². The molecule has 0 radical (unpaired) electrons. The zero-order valence-electron chi connectivity index (χ0n) is 13.4. The number of hydrogen-bond donors (Lipinski definition) is 2. The number of nitrogens with zero attached hydrogens (tertiary/aromatic N) is 1. The molecule has 1 heterocycles. The third-order valence-corrected chi connectivity index (χ3v) is 3.76. The first-order valence-corrected chi connectivity index (χ1v) is 6.98. The molecule has 0 aliphatic carbocycles. The summed E-state index contributed by atoms with van der Waals surface area (Å²) in [7, 11) is 4.58. The minimum Gasteiger partial charge on any atom is -0.496 e. The molecule has 8 heteroatoms. The Morgan fingerprint density at radius 1 is 1.35 bits per heavy atom. The quantitative estimate of drug-likeness (QED) is 0.805. The standard InChI is InChI=1S/C15H22N2O5.ClH/c1-20-8-10(16)15(19)17-6-9-12(21-2)4-5-13(22-3)14(9)11(18)7-17;/h4-5,10-11,18H,6-8,16H2,1-3H3;1H. The monoisotopic (exact) mass is 346 g/mol. The van der Waals surface area contributed by atoms with Crippen molar-refractivity contribution < 1.29 is 24.1 Å². The molecule has 2 atom stereocenters. The molecular formula is C15H23ClN2O5. The summed E-state index contributed by atoms with van der Waals surface area (Å²) in [6.07, 6.45) is -0.854. The lowest BCUT2D eigenvalue weighted by Crippen LogP contribution is -2.48. The van der Waals surface area contributed by atoms with Gasteiger partial charge in [-0.05, 0) is 12.1 Å². The molecule has 0 aromatic heterocycles. The van der Waals surface area contributed by atoms with Gasteiger partial charge in [-0.2, -0.15) is 0 Å². The van der Waals surface area contributed by atoms with Crippen LogP contribution in [0.3, 0.4) is 0 Å². The Hall–Kier alpha value is -1.54. The van der Waals surface area contributed by atoms with E-state index in [4.69, 9.17) is 19.9 Å². The lowest BCUT2D eigenvalue weighted by atomic mass is 9.94. The van der Waals surface area contributed by atoms with E-state index < -0.39 is 12.1 Å². The molecule has 7 nitrogen and oxygen atoms in total. The number of methoxy groups -OCH3 is 3. The Kier molecular flexibility index (Phi) is 7.08. The molecular weight excluding hydrogens is 324 g/mol. The highest BCUT2D eigenvalue weighted by molar-refractivity contribution is 5.85. The predicted molar refractivity (Wildman–Crippen MR) is 87.0 cm³/mol. The zero-order valence-corrected chi connectivity index (χ0v) is 14.3. The highest BCUT2D eigenvalue weighted by Gasteiger charge is 2.33. The van der Waals surface area contributed by atoms with E-state index in [-0.39, 0.29) is 31.5 Å². The summed E-state index contributed by atoms with van der Waals surface area (Å²) in [6, 6.07) is 2.75. The maximum absolute atomic E-state index is 12.3. The molecule has 0 saturated heterocycles. The molecule has 0 spiro atoms. The van der Waals surface area contributed by atoms with E-state index in [1.807, 2.05) is 0 Å². The van der Waals surface area contributed by atoms with Gasteiger partial charge in [0.1, 0.15) is 23.6 Å². The molecule has 23 heavy (non-hydrogen) atoms. The number of fused-ring (bicyclic) bond motifs is 1. The first-order chi connectivity index (χ1) is 10.5. The van der Waals surface area contributed by atoms with Crippen LogP contribution in [0, 0.1) is 0 Å². The molecule has 2 unspecified atom stereocenters. The number of halogens is 1. The van der Waals surface area contributed by atoms with Crippen molar-refractivity contribution in [1.29, 1.82) is 0 Å². The number of β-amino-alcohol motifs (C(OH)–C–C–N with tert-alkyl or cyclic N) is 1. The molecule has 1 aromatic rings. The molecule has 130 valence electrons. The minimum atomic E-state index is -0.854. The number of carbonyl (C=O) groups excluding carboxylic acids is 1. The van der Waals surface area contributed by atoms with Crippen molar-refractivity contribution >= 4 is 18.3 Å². The van der Waals surface area contributed by atoms with Gasteiger partial charge in [0.25, 0.3) is 0 Å². The third kappa shape index (κ3) is 3.87. The van der Waals surface area contributed by atoms with E-state index in [1.165, 1.54) is 12.0 Å². The molecule has 1 aromatic carbocycles. The van der Waals surface area contributed by atoms with Crippen LogP contribution in [-0.2, 0) is 16.1 Å². The highest BCUT2D eigenvalue weighted by atomic mass is 35.5. The van der Waals surface area contributed by atoms with Crippen molar-refractivity contribution in [1.82, 2.24) is 4.90 Å². The Bertz CT molecular complexity index is 555. The first-order valence-electron chi connectivity index (χ1n) is 6.98. The predicted octanol–water partition coefficient (Wildman–Crippen LogP) is 0.475. The van der Waals surface area contributed by atoms with Crippen molar-refractivity contribution in [2.24, 2.45) is 5.73 Å². The third-order valence-electron chi connectivity index (χ3n) is 3.76. The van der Waals surface area contributed by atoms with Crippen LogP contribution in [0.2, 0.25) is 0 Å². The molecule has 3 N–H and O–H groups in total. The van der Waals surface area contributed by atoms with Gasteiger partial charge < -0.3 is 30.0 Å². The molecule has 0 bridgehead atoms. The summed E-state index contributed by atoms with van der Waals surface area (Å²) in [4.78, 5) is 13.8. The summed E-state index contributed by atoms with van der Waals surface area (Å²) < 4.78 is 15.6. The Labute approximate surface area is 141 Å². The van der Waals surface area contributed by atoms with Gasteiger partial charge in [-0.1, -0.05) is 0 Å². The first kappa shape index (κ1) is 19.5. The zero-order chi connectivity index (χ0) is 16.3. The average molecular weight is 347 g/mol. The van der Waals surface area contributed by atoms with Gasteiger partial charge in [-0.15, -0.1) is 12.4 Å². The van der Waals surface area contributed by atoms with Crippen molar-refractivity contribution in [2.75, 3.05) is 34.5 Å². The number of benzene rings is 1. The molecule has 0 fully saturated rings. The Balaban J connectivity index is 0.00000264. The SMILES string of the molecule is COCC(N)C(=O)N1Cc2c(OC)ccc(OC)c2C(O)C1.Cl. The van der Waals surface area contributed by atoms with Crippen LogP contribution in [0.15, 0.2) is 12.1 Å². The summed E-state index contributed by atoms with van der Waals surface area (Å²) in [5.74, 6) is 0.917. The second-order valence-corrected chi connectivity index (χ2v) is 5.16. The minimum absolute atomic E-state index is 0. The molecule has 1 amide bonds. The summed E-state index contributed by atoms with van der Waals surface area (Å²) in [6.45, 7) is 0.601. The second kappa shape index (κ2) is 8.35. The van der Waals surface area contributed by atoms with Gasteiger partial charge in [-0.3, -0.25) is 4.79 Å². The van der Waals surface area contributed by atoms with E-state index in [1.54, 1.807) is 26.4 Å². The Morgan fingerprint density at radius 2 is 1.96 bits per heavy atom. The van der Waals surface area contributed by atoms with Crippen LogP contribution in [0.5, 0.6) is 11.5 Å². The number of carbonyl (C=O) groups is 1. The van der Waals surface area contributed by atoms with Crippen molar-refractivity contribution in [3.05, 3.63) is 23.3 Å². The van der Waals surface area contributed by atoms with Gasteiger partial charge in [0, 0.05) is 24.8 Å². The molecule has 0 saturated carbocycles. The lowest BCUT2D eigenvalue weighted by Gasteiger charge is -2.35. The summed E-state index contributed by atoms with van der Waals surface area (Å²) in [5.41, 5.74) is 7.19. The van der Waals surface area contributed by atoms with Crippen molar-refractivity contribution in [3.63, 3.8) is 0 Å². The molecule has 1 aliphatic heterocycles. The van der Waals surface area contributed by atoms with Gasteiger partial charge in [0.05, 0.1) is 27.4 Å². The van der Waals surface area contributed by atoms with Crippen molar-refractivity contribution in [3.8, 4) is 11.5 Å². The van der Waals surface area contributed by atoms with Crippen LogP contribution >= 0.6 is 12.4 Å². The van der Waals surface area contributed by atoms with E-state index >= 15 is 0 Å². The normalized spacial score (nSPS) is 17.8. The maximum Gasteiger partial charge on any atom is 0.242 e. The average Bonchev–Trinajstić information content (AvgIpc) is 2.53. The molecule has 2 rings (SSSR count). The Morgan fingerprint density at radius 3 is 2.52 bits per heavy atom. The van der Waals surface area contributed by atoms with E-state index in [9.17, 15) is 9.90 Å². The summed E-state index contributed by atoms with van der Waals surface area (Å²) >= 11 is 0. The van der Waals surface area contributed by atoms with Gasteiger partial charge in [-0.25, -0.2) is 0 Å². The fraction of sp³-hybridized carbons (Fsp3) is 0.533. The number of ether oxygens (including phenoxy) is 3. The number of hydrogen-bond acceptors (Lipinski definition) is 6. The van der Waals surface area contributed by atoms with Crippen molar-refractivity contribution in [2.45, 2.75) is 18.7 Å². The lowest BCUT2D eigenvalue weighted by molar-refractivity contribution is -0.136. The summed E-state index contributed by atoms with van der Waals surface area (Å²) in [5, 5.41) is 10.4. The van der Waals surface area contributed by atoms with E-state index in [2.05, 4.69) is 0 Å². The second-order valence-electron chi connectivity index (χ2n) is 5.16. The smallest absolute Gasteiger partial charge is 0.242 e. The van der Waals surface area contributed by atoms with Gasteiger partial charge in [0.2, 0.25) is 5.91 Å². The van der Waals surface area contributed by atoms with E-state index in [0.29, 0.717) is 23.6 Å². The number of rotatable bonds is 5. The van der Waals surface area contributed by atoms with E-state index in [0.717, 1.165) is 5.56 Å². The van der Waals surface area contributed by atoms with Gasteiger partial charge in [0.15, 0.2) is 0 Å². The van der Waals surface area contributed by atoms with Crippen LogP contribution < -0.4 is 15.2 Å². The number of amides is 1. The van der Waals surface area contributed by atoms with Crippen LogP contribution in [0.25, 0.3) is 0 Å². The topological polar surface area (TPSA) is 94.3 Å². The largest absolute Gasteiger partial charge is 0.496 e. The van der Waals surface area contributed by atoms with Crippen LogP contribution in [0.1, 0.15) is 17.2 Å². The number of nitrogens with two attached hydrogens (primary N) is 1. The van der Waals surface area contributed by atoms with Crippen LogP contribution in [-0.4, -0.2) is 56.4 Å².